The van der Waals surface area contributed by atoms with Crippen molar-refractivity contribution in [2.24, 2.45) is 0 Å². The zero-order valence-corrected chi connectivity index (χ0v) is 10.9. The van der Waals surface area contributed by atoms with Gasteiger partial charge in [-0.2, -0.15) is 0 Å². The first-order valence-electron chi connectivity index (χ1n) is 5.10. The fraction of sp³-hybridized carbons (Fsp3) is 0.600. The molecule has 0 aliphatic rings. The van der Waals surface area contributed by atoms with E-state index in [4.69, 9.17) is 0 Å². The molecule has 3 nitrogen and oxygen atoms in total. The molecule has 0 fully saturated rings. The van der Waals surface area contributed by atoms with Crippen molar-refractivity contribution in [2.75, 3.05) is 0 Å². The molecule has 1 N–H and O–H groups in total. The minimum Gasteiger partial charge on any atom is -0.208 e. The van der Waals surface area contributed by atoms with Gasteiger partial charge in [0.15, 0.2) is 0 Å². The van der Waals surface area contributed by atoms with Crippen LogP contribution in [0.25, 0.3) is 0 Å². The summed E-state index contributed by atoms with van der Waals surface area (Å²) in [5.74, 6) is 0. The maximum atomic E-state index is 11.8. The highest BCUT2D eigenvalue weighted by molar-refractivity contribution is 7.91. The summed E-state index contributed by atoms with van der Waals surface area (Å²) >= 11 is 1.34. The number of rotatable bonds is 5. The van der Waals surface area contributed by atoms with Gasteiger partial charge in [0.2, 0.25) is 10.0 Å². The van der Waals surface area contributed by atoms with Gasteiger partial charge in [0.25, 0.3) is 0 Å². The van der Waals surface area contributed by atoms with Gasteiger partial charge in [0, 0.05) is 10.9 Å². The van der Waals surface area contributed by atoms with Crippen LogP contribution in [0.3, 0.4) is 0 Å². The van der Waals surface area contributed by atoms with Crippen LogP contribution in [0.4, 0.5) is 0 Å². The summed E-state index contributed by atoms with van der Waals surface area (Å²) in [4.78, 5) is 1.10. The van der Waals surface area contributed by atoms with E-state index in [1.54, 1.807) is 6.07 Å². The number of aryl methyl sites for hydroxylation is 1. The fourth-order valence-electron chi connectivity index (χ4n) is 1.10. The quantitative estimate of drug-likeness (QED) is 0.868. The highest BCUT2D eigenvalue weighted by Crippen LogP contribution is 2.22. The summed E-state index contributed by atoms with van der Waals surface area (Å²) in [6, 6.07) is 3.53. The Morgan fingerprint density at radius 3 is 2.53 bits per heavy atom. The zero-order chi connectivity index (χ0) is 11.5. The van der Waals surface area contributed by atoms with E-state index in [0.29, 0.717) is 4.21 Å². The van der Waals surface area contributed by atoms with Crippen LogP contribution in [0.2, 0.25) is 0 Å². The van der Waals surface area contributed by atoms with Gasteiger partial charge in [0.1, 0.15) is 4.21 Å². The molecule has 1 heterocycles. The van der Waals surface area contributed by atoms with Gasteiger partial charge in [-0.25, -0.2) is 13.1 Å². The lowest BCUT2D eigenvalue weighted by atomic mass is 10.3. The van der Waals surface area contributed by atoms with E-state index in [1.807, 2.05) is 26.8 Å². The number of sulfonamides is 1. The molecule has 0 spiro atoms. The number of hydrogen-bond donors (Lipinski definition) is 1. The largest absolute Gasteiger partial charge is 0.250 e. The Morgan fingerprint density at radius 2 is 2.07 bits per heavy atom. The second-order valence-corrected chi connectivity index (χ2v) is 6.61. The van der Waals surface area contributed by atoms with Gasteiger partial charge in [-0.1, -0.05) is 13.8 Å². The molecule has 0 aliphatic heterocycles. The standard InChI is InChI=1S/C10H17NO2S2/c1-4-8(3)11-15(12,13)10-7-6-9(5-2)14-10/h6-8,11H,4-5H2,1-3H3. The van der Waals surface area contributed by atoms with Crippen LogP contribution in [0.15, 0.2) is 16.3 Å². The van der Waals surface area contributed by atoms with Crippen LogP contribution in [0, 0.1) is 0 Å². The Labute approximate surface area is 95.6 Å². The van der Waals surface area contributed by atoms with Crippen molar-refractivity contribution >= 4 is 21.4 Å². The summed E-state index contributed by atoms with van der Waals surface area (Å²) in [7, 11) is -3.29. The van der Waals surface area contributed by atoms with Crippen LogP contribution < -0.4 is 4.72 Å². The van der Waals surface area contributed by atoms with Crippen molar-refractivity contribution in [3.63, 3.8) is 0 Å². The van der Waals surface area contributed by atoms with Crippen molar-refractivity contribution in [3.05, 3.63) is 17.0 Å². The molecule has 86 valence electrons. The second-order valence-electron chi connectivity index (χ2n) is 3.50. The number of thiophene rings is 1. The smallest absolute Gasteiger partial charge is 0.208 e. The average molecular weight is 247 g/mol. The van der Waals surface area contributed by atoms with Crippen molar-refractivity contribution in [1.82, 2.24) is 4.72 Å². The van der Waals surface area contributed by atoms with E-state index >= 15 is 0 Å². The minimum atomic E-state index is -3.29. The topological polar surface area (TPSA) is 46.2 Å². The molecule has 1 atom stereocenters. The lowest BCUT2D eigenvalue weighted by Gasteiger charge is -2.10. The van der Waals surface area contributed by atoms with Crippen molar-refractivity contribution in [1.29, 1.82) is 0 Å². The van der Waals surface area contributed by atoms with Gasteiger partial charge in [-0.3, -0.25) is 0 Å². The van der Waals surface area contributed by atoms with Crippen LogP contribution in [-0.4, -0.2) is 14.5 Å². The molecule has 0 radical (unpaired) electrons. The Morgan fingerprint density at radius 1 is 1.40 bits per heavy atom. The van der Waals surface area contributed by atoms with Gasteiger partial charge in [-0.05, 0) is 31.9 Å². The molecule has 0 amide bonds. The van der Waals surface area contributed by atoms with Crippen LogP contribution >= 0.6 is 11.3 Å². The van der Waals surface area contributed by atoms with E-state index in [-0.39, 0.29) is 6.04 Å². The van der Waals surface area contributed by atoms with Gasteiger partial charge >= 0.3 is 0 Å². The molecular weight excluding hydrogens is 230 g/mol. The molecule has 1 unspecified atom stereocenters. The third kappa shape index (κ3) is 3.29. The van der Waals surface area contributed by atoms with E-state index in [0.717, 1.165) is 17.7 Å². The maximum absolute atomic E-state index is 11.8. The first-order chi connectivity index (χ1) is 6.99. The molecule has 0 aliphatic carbocycles. The maximum Gasteiger partial charge on any atom is 0.250 e. The van der Waals surface area contributed by atoms with E-state index in [1.165, 1.54) is 11.3 Å². The van der Waals surface area contributed by atoms with Crippen molar-refractivity contribution in [2.45, 2.75) is 43.9 Å². The SMILES string of the molecule is CCc1ccc(S(=O)(=O)NC(C)CC)s1. The monoisotopic (exact) mass is 247 g/mol. The summed E-state index contributed by atoms with van der Waals surface area (Å²) < 4.78 is 26.7. The lowest BCUT2D eigenvalue weighted by molar-refractivity contribution is 0.558. The summed E-state index contributed by atoms with van der Waals surface area (Å²) in [5.41, 5.74) is 0. The van der Waals surface area contributed by atoms with Crippen LogP contribution in [0.5, 0.6) is 0 Å². The van der Waals surface area contributed by atoms with Crippen molar-refractivity contribution < 1.29 is 8.42 Å². The second kappa shape index (κ2) is 5.09. The Kier molecular flexibility index (Phi) is 4.31. The molecule has 5 heteroatoms. The van der Waals surface area contributed by atoms with E-state index in [2.05, 4.69) is 4.72 Å². The Hall–Kier alpha value is -0.390. The van der Waals surface area contributed by atoms with Gasteiger partial charge < -0.3 is 0 Å². The molecule has 0 saturated carbocycles. The van der Waals surface area contributed by atoms with Crippen LogP contribution in [0.1, 0.15) is 32.1 Å². The minimum absolute atomic E-state index is 0.0119. The molecular formula is C10H17NO2S2. The van der Waals surface area contributed by atoms with Crippen LogP contribution in [-0.2, 0) is 16.4 Å². The predicted molar refractivity (Wildman–Crippen MR) is 63.8 cm³/mol. The third-order valence-corrected chi connectivity index (χ3v) is 5.53. The summed E-state index contributed by atoms with van der Waals surface area (Å²) in [6.07, 6.45) is 1.68. The highest BCUT2D eigenvalue weighted by atomic mass is 32.2. The fourth-order valence-corrected chi connectivity index (χ4v) is 3.74. The summed E-state index contributed by atoms with van der Waals surface area (Å²) in [5, 5.41) is 0. The first-order valence-corrected chi connectivity index (χ1v) is 7.40. The molecule has 1 rings (SSSR count). The molecule has 15 heavy (non-hydrogen) atoms. The van der Waals surface area contributed by atoms with E-state index in [9.17, 15) is 8.42 Å². The summed E-state index contributed by atoms with van der Waals surface area (Å²) in [6.45, 7) is 5.84. The third-order valence-electron chi connectivity index (χ3n) is 2.22. The lowest BCUT2D eigenvalue weighted by Crippen LogP contribution is -2.31. The molecule has 1 aromatic heterocycles. The zero-order valence-electron chi connectivity index (χ0n) is 9.28. The first kappa shape index (κ1) is 12.7. The van der Waals surface area contributed by atoms with E-state index < -0.39 is 10.0 Å². The average Bonchev–Trinajstić information content (AvgIpc) is 2.65. The molecule has 0 bridgehead atoms. The molecule has 0 aromatic carbocycles. The Balaban J connectivity index is 2.86. The highest BCUT2D eigenvalue weighted by Gasteiger charge is 2.18. The van der Waals surface area contributed by atoms with Gasteiger partial charge in [-0.15, -0.1) is 11.3 Å². The normalized spacial score (nSPS) is 14.1. The Bertz CT molecular complexity index is 409. The molecule has 1 aromatic rings. The van der Waals surface area contributed by atoms with Crippen molar-refractivity contribution in [3.8, 4) is 0 Å². The molecule has 0 saturated heterocycles. The van der Waals surface area contributed by atoms with Gasteiger partial charge in [0.05, 0.1) is 0 Å². The predicted octanol–water partition coefficient (Wildman–Crippen LogP) is 2.39. The number of hydrogen-bond acceptors (Lipinski definition) is 3. The number of nitrogens with one attached hydrogen (secondary N) is 1.